The molecule has 0 spiro atoms. The summed E-state index contributed by atoms with van der Waals surface area (Å²) in [5.74, 6) is -0.492. The fraction of sp³-hybridized carbons (Fsp3) is 0.409. The summed E-state index contributed by atoms with van der Waals surface area (Å²) < 4.78 is 32.9. The second-order valence-electron chi connectivity index (χ2n) is 7.42. The molecule has 1 atom stereocenters. The van der Waals surface area contributed by atoms with Crippen LogP contribution in [-0.2, 0) is 14.8 Å². The van der Waals surface area contributed by atoms with Crippen molar-refractivity contribution in [3.8, 4) is 5.75 Å². The SMILES string of the molecule is CCN(CC)C(=O)[C@@H](Oc1ccc(S(=O)(=O)N2CCCC2)cc1[N+](=O)[O-])c1ccccc1. The Morgan fingerprint density at radius 2 is 1.75 bits per heavy atom. The van der Waals surface area contributed by atoms with Crippen LogP contribution in [0.25, 0.3) is 0 Å². The Hall–Kier alpha value is -2.98. The van der Waals surface area contributed by atoms with Gasteiger partial charge in [0.1, 0.15) is 0 Å². The number of nitro groups is 1. The Morgan fingerprint density at radius 1 is 1.12 bits per heavy atom. The summed E-state index contributed by atoms with van der Waals surface area (Å²) >= 11 is 0. The van der Waals surface area contributed by atoms with Crippen LogP contribution in [0.15, 0.2) is 53.4 Å². The Morgan fingerprint density at radius 3 is 2.31 bits per heavy atom. The molecule has 32 heavy (non-hydrogen) atoms. The van der Waals surface area contributed by atoms with Crippen molar-refractivity contribution in [2.75, 3.05) is 26.2 Å². The molecule has 0 bridgehead atoms. The Bertz CT molecular complexity index is 1060. The minimum absolute atomic E-state index is 0.162. The molecule has 2 aromatic carbocycles. The number of carbonyl (C=O) groups is 1. The summed E-state index contributed by atoms with van der Waals surface area (Å²) in [6.45, 7) is 5.37. The van der Waals surface area contributed by atoms with Crippen LogP contribution in [0.4, 0.5) is 5.69 Å². The van der Waals surface area contributed by atoms with Gasteiger partial charge in [0.15, 0.2) is 5.75 Å². The summed E-state index contributed by atoms with van der Waals surface area (Å²) in [4.78, 5) is 25.6. The average molecular weight is 462 g/mol. The highest BCUT2D eigenvalue weighted by molar-refractivity contribution is 7.89. The molecule has 1 aliphatic rings. The van der Waals surface area contributed by atoms with E-state index in [1.165, 1.54) is 16.4 Å². The van der Waals surface area contributed by atoms with Crippen molar-refractivity contribution in [1.82, 2.24) is 9.21 Å². The maximum absolute atomic E-state index is 13.1. The second kappa shape index (κ2) is 10.1. The number of carbonyl (C=O) groups excluding carboxylic acids is 1. The molecule has 3 rings (SSSR count). The molecule has 0 N–H and O–H groups in total. The largest absolute Gasteiger partial charge is 0.469 e. The molecule has 1 aliphatic heterocycles. The Balaban J connectivity index is 2.00. The fourth-order valence-corrected chi connectivity index (χ4v) is 5.23. The quantitative estimate of drug-likeness (QED) is 0.418. The third-order valence-electron chi connectivity index (χ3n) is 5.48. The molecule has 1 saturated heterocycles. The minimum Gasteiger partial charge on any atom is -0.469 e. The summed E-state index contributed by atoms with van der Waals surface area (Å²) in [5.41, 5.74) is 0.0472. The monoisotopic (exact) mass is 461 g/mol. The molecule has 0 aromatic heterocycles. The van der Waals surface area contributed by atoms with Crippen LogP contribution in [0.5, 0.6) is 5.75 Å². The number of hydrogen-bond donors (Lipinski definition) is 0. The van der Waals surface area contributed by atoms with Gasteiger partial charge in [-0.1, -0.05) is 30.3 Å². The first-order valence-corrected chi connectivity index (χ1v) is 12.0. The van der Waals surface area contributed by atoms with Crippen LogP contribution >= 0.6 is 0 Å². The van der Waals surface area contributed by atoms with E-state index in [1.807, 2.05) is 13.8 Å². The topological polar surface area (TPSA) is 110 Å². The molecule has 1 fully saturated rings. The molecule has 0 aliphatic carbocycles. The van der Waals surface area contributed by atoms with Gasteiger partial charge in [0.25, 0.3) is 5.91 Å². The number of hydrogen-bond acceptors (Lipinski definition) is 6. The molecule has 172 valence electrons. The number of amides is 1. The molecule has 10 heteroatoms. The predicted molar refractivity (Wildman–Crippen MR) is 119 cm³/mol. The number of nitrogens with zero attached hydrogens (tertiary/aromatic N) is 3. The molecule has 1 heterocycles. The Kier molecular flexibility index (Phi) is 7.47. The first kappa shape index (κ1) is 23.7. The molecule has 1 amide bonds. The van der Waals surface area contributed by atoms with Gasteiger partial charge in [-0.05, 0) is 38.8 Å². The number of likely N-dealkylation sites (N-methyl/N-ethyl adjacent to an activating group) is 1. The van der Waals surface area contributed by atoms with E-state index in [-0.39, 0.29) is 16.6 Å². The molecular weight excluding hydrogens is 434 g/mol. The van der Waals surface area contributed by atoms with Crippen LogP contribution in [0.1, 0.15) is 38.4 Å². The number of nitro benzene ring substituents is 1. The molecular formula is C22H27N3O6S. The van der Waals surface area contributed by atoms with Gasteiger partial charge in [-0.2, -0.15) is 4.31 Å². The van der Waals surface area contributed by atoms with Crippen LogP contribution in [-0.4, -0.2) is 54.6 Å². The normalized spacial score (nSPS) is 15.3. The van der Waals surface area contributed by atoms with Gasteiger partial charge in [0.2, 0.25) is 16.1 Å². The lowest BCUT2D eigenvalue weighted by atomic mass is 10.1. The maximum atomic E-state index is 13.1. The van der Waals surface area contributed by atoms with Gasteiger partial charge < -0.3 is 9.64 Å². The van der Waals surface area contributed by atoms with E-state index in [0.717, 1.165) is 18.9 Å². The van der Waals surface area contributed by atoms with E-state index >= 15 is 0 Å². The maximum Gasteiger partial charge on any atom is 0.312 e. The number of rotatable bonds is 9. The van der Waals surface area contributed by atoms with Crippen LogP contribution in [0, 0.1) is 10.1 Å². The van der Waals surface area contributed by atoms with Crippen LogP contribution < -0.4 is 4.74 Å². The third kappa shape index (κ3) is 4.91. The lowest BCUT2D eigenvalue weighted by Gasteiger charge is -2.26. The Labute approximate surface area is 187 Å². The molecule has 0 unspecified atom stereocenters. The third-order valence-corrected chi connectivity index (χ3v) is 7.37. The van der Waals surface area contributed by atoms with E-state index in [2.05, 4.69) is 0 Å². The van der Waals surface area contributed by atoms with Crippen molar-refractivity contribution in [3.05, 3.63) is 64.2 Å². The van der Waals surface area contributed by atoms with Crippen molar-refractivity contribution in [1.29, 1.82) is 0 Å². The number of benzene rings is 2. The van der Waals surface area contributed by atoms with E-state index in [0.29, 0.717) is 31.7 Å². The summed E-state index contributed by atoms with van der Waals surface area (Å²) in [7, 11) is -3.83. The lowest BCUT2D eigenvalue weighted by Crippen LogP contribution is -2.37. The van der Waals surface area contributed by atoms with Gasteiger partial charge in [0.05, 0.1) is 9.82 Å². The van der Waals surface area contributed by atoms with E-state index < -0.39 is 26.7 Å². The molecule has 0 saturated carbocycles. The van der Waals surface area contributed by atoms with Crippen molar-refractivity contribution in [3.63, 3.8) is 0 Å². The highest BCUT2D eigenvalue weighted by Gasteiger charge is 2.32. The van der Waals surface area contributed by atoms with Crippen molar-refractivity contribution in [2.45, 2.75) is 37.7 Å². The van der Waals surface area contributed by atoms with Crippen molar-refractivity contribution < 1.29 is 22.9 Å². The minimum atomic E-state index is -3.83. The zero-order valence-electron chi connectivity index (χ0n) is 18.1. The highest BCUT2D eigenvalue weighted by Crippen LogP contribution is 2.35. The number of sulfonamides is 1. The van der Waals surface area contributed by atoms with Gasteiger partial charge in [-0.15, -0.1) is 0 Å². The van der Waals surface area contributed by atoms with Crippen LogP contribution in [0.2, 0.25) is 0 Å². The summed E-state index contributed by atoms with van der Waals surface area (Å²) in [5, 5.41) is 11.8. The van der Waals surface area contributed by atoms with Gasteiger partial charge in [0, 0.05) is 37.8 Å². The van der Waals surface area contributed by atoms with Gasteiger partial charge >= 0.3 is 5.69 Å². The van der Waals surface area contributed by atoms with Crippen molar-refractivity contribution >= 4 is 21.6 Å². The van der Waals surface area contributed by atoms with Gasteiger partial charge in [-0.25, -0.2) is 8.42 Å². The summed E-state index contributed by atoms with van der Waals surface area (Å²) in [6.07, 6.45) is 0.416. The molecule has 2 aromatic rings. The zero-order valence-corrected chi connectivity index (χ0v) is 19.0. The highest BCUT2D eigenvalue weighted by atomic mass is 32.2. The first-order chi connectivity index (χ1) is 15.3. The van der Waals surface area contributed by atoms with E-state index in [1.54, 1.807) is 35.2 Å². The van der Waals surface area contributed by atoms with Gasteiger partial charge in [-0.3, -0.25) is 14.9 Å². The fourth-order valence-electron chi connectivity index (χ4n) is 3.69. The average Bonchev–Trinajstić information content (AvgIpc) is 3.34. The van der Waals surface area contributed by atoms with Crippen molar-refractivity contribution in [2.24, 2.45) is 0 Å². The second-order valence-corrected chi connectivity index (χ2v) is 9.35. The molecule has 0 radical (unpaired) electrons. The first-order valence-electron chi connectivity index (χ1n) is 10.6. The predicted octanol–water partition coefficient (Wildman–Crippen LogP) is 3.37. The lowest BCUT2D eigenvalue weighted by molar-refractivity contribution is -0.386. The molecule has 9 nitrogen and oxygen atoms in total. The van der Waals surface area contributed by atoms with E-state index in [9.17, 15) is 23.3 Å². The standard InChI is InChI=1S/C22H27N3O6S/c1-3-23(4-2)22(26)21(17-10-6-5-7-11-17)31-20-13-12-18(16-19(20)25(27)28)32(29,30)24-14-8-9-15-24/h5-7,10-13,16,21H,3-4,8-9,14-15H2,1-2H3/t21-/m0/s1. The number of ether oxygens (including phenoxy) is 1. The van der Waals surface area contributed by atoms with Crippen LogP contribution in [0.3, 0.4) is 0 Å². The zero-order chi connectivity index (χ0) is 23.3. The summed E-state index contributed by atoms with van der Waals surface area (Å²) in [6, 6.07) is 12.3. The van der Waals surface area contributed by atoms with E-state index in [4.69, 9.17) is 4.74 Å². The smallest absolute Gasteiger partial charge is 0.312 e.